The Labute approximate surface area is 115 Å². The fraction of sp³-hybridized carbons (Fsp3) is 0.667. The van der Waals surface area contributed by atoms with E-state index in [2.05, 4.69) is 23.3 Å². The van der Waals surface area contributed by atoms with Gasteiger partial charge in [0, 0.05) is 30.5 Å². The van der Waals surface area contributed by atoms with E-state index in [1.54, 1.807) is 0 Å². The summed E-state index contributed by atoms with van der Waals surface area (Å²) in [5, 5.41) is 3.52. The molecule has 1 fully saturated rings. The molecule has 0 amide bonds. The fourth-order valence-corrected chi connectivity index (χ4v) is 2.04. The first-order valence-electron chi connectivity index (χ1n) is 7.11. The molecule has 4 heteroatoms. The third-order valence-electron chi connectivity index (χ3n) is 3.25. The van der Waals surface area contributed by atoms with Gasteiger partial charge in [-0.15, -0.1) is 0 Å². The van der Waals surface area contributed by atoms with Crippen molar-refractivity contribution >= 4 is 0 Å². The summed E-state index contributed by atoms with van der Waals surface area (Å²) >= 11 is 0. The summed E-state index contributed by atoms with van der Waals surface area (Å²) in [6, 6.07) is 2.80. The van der Waals surface area contributed by atoms with Gasteiger partial charge in [-0.3, -0.25) is 0 Å². The first-order valence-corrected chi connectivity index (χ1v) is 7.11. The van der Waals surface area contributed by atoms with Crippen molar-refractivity contribution in [3.8, 4) is 5.88 Å². The molecule has 4 nitrogen and oxygen atoms in total. The molecule has 106 valence electrons. The van der Waals surface area contributed by atoms with Crippen LogP contribution in [0.25, 0.3) is 0 Å². The van der Waals surface area contributed by atoms with Crippen LogP contribution < -0.4 is 10.1 Å². The van der Waals surface area contributed by atoms with Gasteiger partial charge in [0.05, 0.1) is 6.61 Å². The zero-order valence-corrected chi connectivity index (χ0v) is 12.2. The van der Waals surface area contributed by atoms with Crippen LogP contribution in [0.15, 0.2) is 6.07 Å². The van der Waals surface area contributed by atoms with Crippen molar-refractivity contribution in [2.24, 2.45) is 0 Å². The summed E-state index contributed by atoms with van der Waals surface area (Å²) in [6.45, 7) is 8.84. The molecule has 0 bridgehead atoms. The van der Waals surface area contributed by atoms with Gasteiger partial charge in [-0.25, -0.2) is 4.98 Å². The molecular formula is C15H24N2O2. The number of hydrogen-bond acceptors (Lipinski definition) is 4. The molecule has 1 aromatic heterocycles. The Morgan fingerprint density at radius 2 is 2.11 bits per heavy atom. The molecule has 19 heavy (non-hydrogen) atoms. The fourth-order valence-electron chi connectivity index (χ4n) is 2.04. The van der Waals surface area contributed by atoms with Gasteiger partial charge in [-0.1, -0.05) is 0 Å². The van der Waals surface area contributed by atoms with Crippen LogP contribution in [0.3, 0.4) is 0 Å². The molecule has 0 unspecified atom stereocenters. The van der Waals surface area contributed by atoms with E-state index in [0.29, 0.717) is 19.3 Å². The van der Waals surface area contributed by atoms with Gasteiger partial charge < -0.3 is 14.8 Å². The van der Waals surface area contributed by atoms with E-state index >= 15 is 0 Å². The number of rotatable bonds is 8. The molecule has 0 aromatic carbocycles. The van der Waals surface area contributed by atoms with E-state index in [9.17, 15) is 0 Å². The van der Waals surface area contributed by atoms with Crippen molar-refractivity contribution < 1.29 is 9.47 Å². The predicted molar refractivity (Wildman–Crippen MR) is 75.6 cm³/mol. The highest BCUT2D eigenvalue weighted by atomic mass is 16.5. The predicted octanol–water partition coefficient (Wildman–Crippen LogP) is 2.37. The minimum Gasteiger partial charge on any atom is -0.475 e. The van der Waals surface area contributed by atoms with Gasteiger partial charge in [-0.2, -0.15) is 0 Å². The van der Waals surface area contributed by atoms with Crippen LogP contribution in [0.1, 0.15) is 36.6 Å². The second-order valence-corrected chi connectivity index (χ2v) is 5.06. The third kappa shape index (κ3) is 4.48. The van der Waals surface area contributed by atoms with Gasteiger partial charge in [0.25, 0.3) is 0 Å². The molecule has 1 aliphatic rings. The van der Waals surface area contributed by atoms with Gasteiger partial charge in [0.2, 0.25) is 5.88 Å². The summed E-state index contributed by atoms with van der Waals surface area (Å²) < 4.78 is 11.1. The van der Waals surface area contributed by atoms with E-state index in [1.165, 1.54) is 24.0 Å². The van der Waals surface area contributed by atoms with Crippen LogP contribution in [0.2, 0.25) is 0 Å². The van der Waals surface area contributed by atoms with Crippen LogP contribution in [0.4, 0.5) is 0 Å². The van der Waals surface area contributed by atoms with Gasteiger partial charge >= 0.3 is 0 Å². The Hall–Kier alpha value is -1.13. The van der Waals surface area contributed by atoms with Gasteiger partial charge in [0.1, 0.15) is 6.61 Å². The minimum absolute atomic E-state index is 0.556. The smallest absolute Gasteiger partial charge is 0.218 e. The van der Waals surface area contributed by atoms with Crippen molar-refractivity contribution in [2.45, 2.75) is 46.2 Å². The van der Waals surface area contributed by atoms with E-state index in [1.807, 2.05) is 13.8 Å². The van der Waals surface area contributed by atoms with Crippen LogP contribution in [-0.4, -0.2) is 30.8 Å². The molecule has 0 spiro atoms. The summed E-state index contributed by atoms with van der Waals surface area (Å²) in [5.74, 6) is 0.755. The SMILES string of the molecule is CCOCCOc1nc(C)cc(C)c1CNC1CC1. The van der Waals surface area contributed by atoms with Crippen molar-refractivity contribution in [1.82, 2.24) is 10.3 Å². The van der Waals surface area contributed by atoms with E-state index < -0.39 is 0 Å². The Morgan fingerprint density at radius 3 is 2.79 bits per heavy atom. The summed E-state index contributed by atoms with van der Waals surface area (Å²) in [4.78, 5) is 4.51. The Morgan fingerprint density at radius 1 is 1.32 bits per heavy atom. The highest BCUT2D eigenvalue weighted by molar-refractivity contribution is 5.36. The number of nitrogens with zero attached hydrogens (tertiary/aromatic N) is 1. The molecule has 0 atom stereocenters. The second-order valence-electron chi connectivity index (χ2n) is 5.06. The first kappa shape index (κ1) is 14.3. The largest absolute Gasteiger partial charge is 0.475 e. The number of aryl methyl sites for hydroxylation is 2. The lowest BCUT2D eigenvalue weighted by atomic mass is 10.1. The Balaban J connectivity index is 1.99. The van der Waals surface area contributed by atoms with Crippen LogP contribution in [-0.2, 0) is 11.3 Å². The summed E-state index contributed by atoms with van der Waals surface area (Å²) in [5.41, 5.74) is 3.42. The normalized spacial score (nSPS) is 14.7. The minimum atomic E-state index is 0.556. The molecule has 0 saturated heterocycles. The molecular weight excluding hydrogens is 240 g/mol. The van der Waals surface area contributed by atoms with Crippen molar-refractivity contribution in [3.05, 3.63) is 22.9 Å². The number of aromatic nitrogens is 1. The molecule has 0 radical (unpaired) electrons. The van der Waals surface area contributed by atoms with Gasteiger partial charge in [0.15, 0.2) is 0 Å². The highest BCUT2D eigenvalue weighted by Gasteiger charge is 2.21. The van der Waals surface area contributed by atoms with Crippen LogP contribution in [0.5, 0.6) is 5.88 Å². The van der Waals surface area contributed by atoms with Crippen molar-refractivity contribution in [1.29, 1.82) is 0 Å². The average molecular weight is 264 g/mol. The quantitative estimate of drug-likeness (QED) is 0.732. The second kappa shape index (κ2) is 6.87. The number of nitrogens with one attached hydrogen (secondary N) is 1. The summed E-state index contributed by atoms with van der Waals surface area (Å²) in [7, 11) is 0. The van der Waals surface area contributed by atoms with Crippen molar-refractivity contribution in [2.75, 3.05) is 19.8 Å². The van der Waals surface area contributed by atoms with E-state index in [4.69, 9.17) is 9.47 Å². The lowest BCUT2D eigenvalue weighted by molar-refractivity contribution is 0.108. The standard InChI is InChI=1S/C15H24N2O2/c1-4-18-7-8-19-15-14(10-16-13-5-6-13)11(2)9-12(3)17-15/h9,13,16H,4-8,10H2,1-3H3. The summed E-state index contributed by atoms with van der Waals surface area (Å²) in [6.07, 6.45) is 2.58. The Kier molecular flexibility index (Phi) is 5.16. The maximum atomic E-state index is 5.78. The number of pyridine rings is 1. The number of ether oxygens (including phenoxy) is 2. The maximum absolute atomic E-state index is 5.78. The molecule has 1 aliphatic carbocycles. The van der Waals surface area contributed by atoms with Crippen molar-refractivity contribution in [3.63, 3.8) is 0 Å². The zero-order chi connectivity index (χ0) is 13.7. The highest BCUT2D eigenvalue weighted by Crippen LogP contribution is 2.24. The first-order chi connectivity index (χ1) is 9.20. The van der Waals surface area contributed by atoms with Gasteiger partial charge in [-0.05, 0) is 45.2 Å². The average Bonchev–Trinajstić information content (AvgIpc) is 3.17. The monoisotopic (exact) mass is 264 g/mol. The topological polar surface area (TPSA) is 43.4 Å². The van der Waals surface area contributed by atoms with Crippen LogP contribution >= 0.6 is 0 Å². The maximum Gasteiger partial charge on any atom is 0.218 e. The molecule has 1 N–H and O–H groups in total. The lowest BCUT2D eigenvalue weighted by Crippen LogP contribution is -2.18. The third-order valence-corrected chi connectivity index (χ3v) is 3.25. The molecule has 1 heterocycles. The lowest BCUT2D eigenvalue weighted by Gasteiger charge is -2.14. The number of hydrogen-bond donors (Lipinski definition) is 1. The van der Waals surface area contributed by atoms with Crippen LogP contribution in [0, 0.1) is 13.8 Å². The Bertz CT molecular complexity index is 417. The molecule has 1 aromatic rings. The van der Waals surface area contributed by atoms with E-state index in [-0.39, 0.29) is 0 Å². The molecule has 1 saturated carbocycles. The molecule has 2 rings (SSSR count). The zero-order valence-electron chi connectivity index (χ0n) is 12.2. The molecule has 0 aliphatic heterocycles. The van der Waals surface area contributed by atoms with E-state index in [0.717, 1.165) is 24.7 Å².